The smallest absolute Gasteiger partial charge is 0.339 e. The molecular weight excluding hydrogens is 272 g/mol. The Morgan fingerprint density at radius 2 is 1.90 bits per heavy atom. The number of halogens is 1. The van der Waals surface area contributed by atoms with Crippen LogP contribution >= 0.6 is 11.6 Å². The SMILES string of the molecule is CCCCCC(CCC)COC(=O)c1ccccc1Cl. The summed E-state index contributed by atoms with van der Waals surface area (Å²) in [6.07, 6.45) is 7.05. The number of carbonyl (C=O) groups excluding carboxylic acids is 1. The lowest BCUT2D eigenvalue weighted by Crippen LogP contribution is -2.15. The fraction of sp³-hybridized carbons (Fsp3) is 0.588. The lowest BCUT2D eigenvalue weighted by molar-refractivity contribution is 0.0424. The molecule has 0 amide bonds. The molecule has 0 bridgehead atoms. The second kappa shape index (κ2) is 9.82. The van der Waals surface area contributed by atoms with Gasteiger partial charge in [-0.3, -0.25) is 0 Å². The quantitative estimate of drug-likeness (QED) is 0.445. The van der Waals surface area contributed by atoms with E-state index in [0.717, 1.165) is 19.3 Å². The third kappa shape index (κ3) is 5.96. The molecule has 0 aromatic heterocycles. The van der Waals surface area contributed by atoms with Crippen LogP contribution in [0.5, 0.6) is 0 Å². The minimum absolute atomic E-state index is 0.313. The van der Waals surface area contributed by atoms with Crippen molar-refractivity contribution in [1.29, 1.82) is 0 Å². The van der Waals surface area contributed by atoms with Gasteiger partial charge in [0.1, 0.15) is 0 Å². The second-order valence-corrected chi connectivity index (χ2v) is 5.64. The highest BCUT2D eigenvalue weighted by atomic mass is 35.5. The summed E-state index contributed by atoms with van der Waals surface area (Å²) in [4.78, 5) is 12.0. The summed E-state index contributed by atoms with van der Waals surface area (Å²) in [6.45, 7) is 4.87. The average Bonchev–Trinajstić information content (AvgIpc) is 2.45. The lowest BCUT2D eigenvalue weighted by atomic mass is 9.97. The van der Waals surface area contributed by atoms with Crippen LogP contribution in [0.4, 0.5) is 0 Å². The predicted octanol–water partition coefficient (Wildman–Crippen LogP) is 5.49. The fourth-order valence-electron chi connectivity index (χ4n) is 2.30. The summed E-state index contributed by atoms with van der Waals surface area (Å²) >= 11 is 6.00. The molecule has 3 heteroatoms. The first kappa shape index (κ1) is 17.0. The van der Waals surface area contributed by atoms with Crippen LogP contribution in [0.3, 0.4) is 0 Å². The van der Waals surface area contributed by atoms with Crippen molar-refractivity contribution in [3.05, 3.63) is 34.9 Å². The molecule has 0 N–H and O–H groups in total. The highest BCUT2D eigenvalue weighted by molar-refractivity contribution is 6.33. The van der Waals surface area contributed by atoms with E-state index in [-0.39, 0.29) is 5.97 Å². The van der Waals surface area contributed by atoms with Gasteiger partial charge in [-0.15, -0.1) is 0 Å². The van der Waals surface area contributed by atoms with E-state index in [4.69, 9.17) is 16.3 Å². The lowest BCUT2D eigenvalue weighted by Gasteiger charge is -2.16. The monoisotopic (exact) mass is 296 g/mol. The molecule has 112 valence electrons. The number of hydrogen-bond acceptors (Lipinski definition) is 2. The van der Waals surface area contributed by atoms with Crippen LogP contribution in [-0.4, -0.2) is 12.6 Å². The van der Waals surface area contributed by atoms with Crippen LogP contribution in [0.2, 0.25) is 5.02 Å². The molecule has 0 spiro atoms. The van der Waals surface area contributed by atoms with Gasteiger partial charge < -0.3 is 4.74 Å². The zero-order valence-electron chi connectivity index (χ0n) is 12.5. The summed E-state index contributed by atoms with van der Waals surface area (Å²) < 4.78 is 5.43. The highest BCUT2D eigenvalue weighted by Crippen LogP contribution is 2.19. The molecule has 0 aliphatic carbocycles. The summed E-state index contributed by atoms with van der Waals surface area (Å²) in [6, 6.07) is 7.02. The summed E-state index contributed by atoms with van der Waals surface area (Å²) in [5.41, 5.74) is 0.456. The van der Waals surface area contributed by atoms with Crippen molar-refractivity contribution < 1.29 is 9.53 Å². The van der Waals surface area contributed by atoms with E-state index >= 15 is 0 Å². The molecule has 0 aliphatic heterocycles. The maximum atomic E-state index is 12.0. The number of rotatable bonds is 9. The molecule has 1 unspecified atom stereocenters. The Balaban J connectivity index is 2.45. The third-order valence-electron chi connectivity index (χ3n) is 3.46. The van der Waals surface area contributed by atoms with Crippen molar-refractivity contribution >= 4 is 17.6 Å². The summed E-state index contributed by atoms with van der Waals surface area (Å²) in [5.74, 6) is 0.158. The molecule has 2 nitrogen and oxygen atoms in total. The average molecular weight is 297 g/mol. The molecule has 0 saturated carbocycles. The van der Waals surface area contributed by atoms with Crippen LogP contribution in [-0.2, 0) is 4.74 Å². The first-order valence-corrected chi connectivity index (χ1v) is 7.98. The molecule has 1 rings (SSSR count). The van der Waals surface area contributed by atoms with Gasteiger partial charge in [-0.1, -0.05) is 63.3 Å². The van der Waals surface area contributed by atoms with Gasteiger partial charge >= 0.3 is 5.97 Å². The normalized spacial score (nSPS) is 12.2. The van der Waals surface area contributed by atoms with Gasteiger partial charge in [-0.25, -0.2) is 4.79 Å². The van der Waals surface area contributed by atoms with Crippen LogP contribution in [0, 0.1) is 5.92 Å². The number of benzene rings is 1. The van der Waals surface area contributed by atoms with Gasteiger partial charge in [0.05, 0.1) is 17.2 Å². The molecule has 0 radical (unpaired) electrons. The number of unbranched alkanes of at least 4 members (excludes halogenated alkanes) is 2. The standard InChI is InChI=1S/C17H25ClO2/c1-3-5-6-10-14(9-4-2)13-20-17(19)15-11-7-8-12-16(15)18/h7-8,11-12,14H,3-6,9-10,13H2,1-2H3. The fourth-order valence-corrected chi connectivity index (χ4v) is 2.51. The Morgan fingerprint density at radius 1 is 1.15 bits per heavy atom. The Kier molecular flexibility index (Phi) is 8.36. The van der Waals surface area contributed by atoms with E-state index in [1.54, 1.807) is 18.2 Å². The minimum Gasteiger partial charge on any atom is -0.462 e. The zero-order chi connectivity index (χ0) is 14.8. The van der Waals surface area contributed by atoms with Crippen LogP contribution in [0.15, 0.2) is 24.3 Å². The largest absolute Gasteiger partial charge is 0.462 e. The minimum atomic E-state index is -0.313. The molecule has 1 aromatic carbocycles. The molecule has 20 heavy (non-hydrogen) atoms. The Hall–Kier alpha value is -1.02. The number of hydrogen-bond donors (Lipinski definition) is 0. The molecule has 0 heterocycles. The van der Waals surface area contributed by atoms with E-state index in [9.17, 15) is 4.79 Å². The van der Waals surface area contributed by atoms with E-state index in [2.05, 4.69) is 13.8 Å². The number of carbonyl (C=O) groups is 1. The molecule has 1 atom stereocenters. The van der Waals surface area contributed by atoms with Gasteiger partial charge in [-0.05, 0) is 30.9 Å². The van der Waals surface area contributed by atoms with Crippen molar-refractivity contribution in [2.75, 3.05) is 6.61 Å². The molecular formula is C17H25ClO2. The van der Waals surface area contributed by atoms with Crippen LogP contribution in [0.1, 0.15) is 62.7 Å². The zero-order valence-corrected chi connectivity index (χ0v) is 13.3. The van der Waals surface area contributed by atoms with E-state index in [1.165, 1.54) is 19.3 Å². The third-order valence-corrected chi connectivity index (χ3v) is 3.79. The van der Waals surface area contributed by atoms with E-state index < -0.39 is 0 Å². The van der Waals surface area contributed by atoms with Gasteiger partial charge in [-0.2, -0.15) is 0 Å². The van der Waals surface area contributed by atoms with E-state index in [0.29, 0.717) is 23.1 Å². The molecule has 1 aromatic rings. The maximum Gasteiger partial charge on any atom is 0.339 e. The molecule has 0 fully saturated rings. The van der Waals surface area contributed by atoms with Gasteiger partial charge in [0.25, 0.3) is 0 Å². The first-order valence-electron chi connectivity index (χ1n) is 7.60. The van der Waals surface area contributed by atoms with Crippen LogP contribution in [0.25, 0.3) is 0 Å². The topological polar surface area (TPSA) is 26.3 Å². The van der Waals surface area contributed by atoms with E-state index in [1.807, 2.05) is 6.07 Å². The van der Waals surface area contributed by atoms with Gasteiger partial charge in [0.15, 0.2) is 0 Å². The Bertz CT molecular complexity index is 404. The predicted molar refractivity (Wildman–Crippen MR) is 84.3 cm³/mol. The van der Waals surface area contributed by atoms with Crippen molar-refractivity contribution in [1.82, 2.24) is 0 Å². The van der Waals surface area contributed by atoms with Crippen molar-refractivity contribution in [2.45, 2.75) is 52.4 Å². The van der Waals surface area contributed by atoms with Gasteiger partial charge in [0, 0.05) is 0 Å². The molecule has 0 saturated heterocycles. The number of ether oxygens (including phenoxy) is 1. The van der Waals surface area contributed by atoms with Crippen molar-refractivity contribution in [3.63, 3.8) is 0 Å². The number of esters is 1. The summed E-state index contributed by atoms with van der Waals surface area (Å²) in [5, 5.41) is 0.454. The first-order chi connectivity index (χ1) is 9.69. The van der Waals surface area contributed by atoms with Crippen molar-refractivity contribution in [2.24, 2.45) is 5.92 Å². The van der Waals surface area contributed by atoms with Crippen molar-refractivity contribution in [3.8, 4) is 0 Å². The Morgan fingerprint density at radius 3 is 2.55 bits per heavy atom. The maximum absolute atomic E-state index is 12.0. The van der Waals surface area contributed by atoms with Gasteiger partial charge in [0.2, 0.25) is 0 Å². The Labute approximate surface area is 127 Å². The highest BCUT2D eigenvalue weighted by Gasteiger charge is 2.14. The van der Waals surface area contributed by atoms with Crippen LogP contribution < -0.4 is 0 Å². The molecule has 0 aliphatic rings. The summed E-state index contributed by atoms with van der Waals surface area (Å²) in [7, 11) is 0. The second-order valence-electron chi connectivity index (χ2n) is 5.23.